The largest absolute Gasteiger partial charge is 0.465 e. The smallest absolute Gasteiger partial charge is 0.338 e. The molecule has 0 aliphatic carbocycles. The number of ether oxygens (including phenoxy) is 1. The number of benzene rings is 2. The number of para-hydroxylation sites is 1. The molecule has 0 radical (unpaired) electrons. The molecule has 4 aromatic rings. The first-order chi connectivity index (χ1) is 14.5. The number of methoxy groups -OCH3 is 1. The van der Waals surface area contributed by atoms with E-state index in [4.69, 9.17) is 9.72 Å². The van der Waals surface area contributed by atoms with Crippen molar-refractivity contribution in [2.75, 3.05) is 12.4 Å². The van der Waals surface area contributed by atoms with E-state index < -0.39 is 11.9 Å². The maximum atomic E-state index is 12.9. The molecular formula is C23H20N4O3. The summed E-state index contributed by atoms with van der Waals surface area (Å²) in [6.45, 7) is 3.84. The summed E-state index contributed by atoms with van der Waals surface area (Å²) in [7, 11) is 1.28. The van der Waals surface area contributed by atoms with Crippen LogP contribution in [0, 0.1) is 13.8 Å². The van der Waals surface area contributed by atoms with Gasteiger partial charge in [-0.05, 0) is 43.7 Å². The predicted octanol–water partition coefficient (Wildman–Crippen LogP) is 4.08. The summed E-state index contributed by atoms with van der Waals surface area (Å²) < 4.78 is 6.37. The van der Waals surface area contributed by atoms with Crippen molar-refractivity contribution in [3.05, 3.63) is 83.0 Å². The van der Waals surface area contributed by atoms with Gasteiger partial charge in [0.15, 0.2) is 5.82 Å². The first-order valence-corrected chi connectivity index (χ1v) is 9.40. The lowest BCUT2D eigenvalue weighted by atomic mass is 10.1. The first-order valence-electron chi connectivity index (χ1n) is 9.40. The van der Waals surface area contributed by atoms with E-state index in [1.807, 2.05) is 44.2 Å². The quantitative estimate of drug-likeness (QED) is 0.522. The molecule has 7 heteroatoms. The number of nitrogens with zero attached hydrogens (tertiary/aromatic N) is 3. The molecule has 0 unspecified atom stereocenters. The highest BCUT2D eigenvalue weighted by atomic mass is 16.5. The fourth-order valence-corrected chi connectivity index (χ4v) is 3.36. The Kier molecular flexibility index (Phi) is 5.02. The van der Waals surface area contributed by atoms with E-state index in [9.17, 15) is 9.59 Å². The number of pyridine rings is 1. The molecule has 30 heavy (non-hydrogen) atoms. The van der Waals surface area contributed by atoms with Crippen molar-refractivity contribution >= 4 is 28.6 Å². The van der Waals surface area contributed by atoms with E-state index in [-0.39, 0.29) is 11.1 Å². The standard InChI is InChI=1S/C23H20N4O3/c1-14-12-20(24-19-11-7-6-8-16(14)19)27-21(13-15(2)26-27)25-22(28)17-9-4-5-10-18(17)23(29)30-3/h4-13H,1-3H3,(H,25,28). The zero-order valence-corrected chi connectivity index (χ0v) is 16.8. The molecule has 4 rings (SSSR count). The van der Waals surface area contributed by atoms with Crippen molar-refractivity contribution in [1.29, 1.82) is 0 Å². The van der Waals surface area contributed by atoms with Crippen molar-refractivity contribution in [1.82, 2.24) is 14.8 Å². The number of hydrogen-bond donors (Lipinski definition) is 1. The van der Waals surface area contributed by atoms with Gasteiger partial charge in [0.1, 0.15) is 5.82 Å². The molecule has 0 spiro atoms. The number of aryl methyl sites for hydroxylation is 2. The molecule has 0 saturated carbocycles. The molecule has 1 N–H and O–H groups in total. The predicted molar refractivity (Wildman–Crippen MR) is 114 cm³/mol. The first kappa shape index (κ1) is 19.3. The van der Waals surface area contributed by atoms with Crippen LogP contribution in [-0.2, 0) is 4.74 Å². The van der Waals surface area contributed by atoms with Crippen LogP contribution in [-0.4, -0.2) is 33.8 Å². The van der Waals surface area contributed by atoms with Gasteiger partial charge < -0.3 is 10.1 Å². The van der Waals surface area contributed by atoms with Gasteiger partial charge in [-0.15, -0.1) is 0 Å². The molecule has 2 aromatic carbocycles. The summed E-state index contributed by atoms with van der Waals surface area (Å²) in [4.78, 5) is 29.7. The average Bonchev–Trinajstić information content (AvgIpc) is 3.13. The van der Waals surface area contributed by atoms with Gasteiger partial charge in [-0.25, -0.2) is 9.78 Å². The SMILES string of the molecule is COC(=O)c1ccccc1C(=O)Nc1cc(C)nn1-c1cc(C)c2ccccc2n1. The van der Waals surface area contributed by atoms with Gasteiger partial charge in [0.05, 0.1) is 29.4 Å². The van der Waals surface area contributed by atoms with Crippen LogP contribution in [0.25, 0.3) is 16.7 Å². The van der Waals surface area contributed by atoms with Crippen LogP contribution in [0.3, 0.4) is 0 Å². The Hall–Kier alpha value is -4.00. The number of fused-ring (bicyclic) bond motifs is 1. The number of hydrogen-bond acceptors (Lipinski definition) is 5. The molecule has 2 heterocycles. The van der Waals surface area contributed by atoms with E-state index in [0.29, 0.717) is 11.6 Å². The Balaban J connectivity index is 1.74. The molecule has 7 nitrogen and oxygen atoms in total. The lowest BCUT2D eigenvalue weighted by Crippen LogP contribution is -2.19. The number of anilines is 1. The van der Waals surface area contributed by atoms with E-state index >= 15 is 0 Å². The zero-order chi connectivity index (χ0) is 21.3. The Bertz CT molecular complexity index is 1280. The summed E-state index contributed by atoms with van der Waals surface area (Å²) >= 11 is 0. The van der Waals surface area contributed by atoms with Gasteiger partial charge in [0.25, 0.3) is 5.91 Å². The third-order valence-electron chi connectivity index (χ3n) is 4.78. The number of carbonyl (C=O) groups excluding carboxylic acids is 2. The fourth-order valence-electron chi connectivity index (χ4n) is 3.36. The minimum Gasteiger partial charge on any atom is -0.465 e. The summed E-state index contributed by atoms with van der Waals surface area (Å²) in [5.74, 6) is 0.0436. The fraction of sp³-hybridized carbons (Fsp3) is 0.130. The Morgan fingerprint density at radius 3 is 2.43 bits per heavy atom. The van der Waals surface area contributed by atoms with Crippen molar-refractivity contribution in [3.63, 3.8) is 0 Å². The van der Waals surface area contributed by atoms with E-state index in [1.165, 1.54) is 7.11 Å². The van der Waals surface area contributed by atoms with Crippen molar-refractivity contribution in [2.45, 2.75) is 13.8 Å². The topological polar surface area (TPSA) is 86.1 Å². The summed E-state index contributed by atoms with van der Waals surface area (Å²) in [6, 6.07) is 18.0. The minimum atomic E-state index is -0.572. The van der Waals surface area contributed by atoms with Gasteiger partial charge in [-0.2, -0.15) is 9.78 Å². The molecule has 0 aliphatic heterocycles. The van der Waals surface area contributed by atoms with Crippen LogP contribution in [0.2, 0.25) is 0 Å². The minimum absolute atomic E-state index is 0.194. The van der Waals surface area contributed by atoms with Crippen molar-refractivity contribution < 1.29 is 14.3 Å². The van der Waals surface area contributed by atoms with E-state index in [1.54, 1.807) is 35.0 Å². The molecule has 0 aliphatic rings. The van der Waals surface area contributed by atoms with Gasteiger partial charge in [0.2, 0.25) is 0 Å². The average molecular weight is 400 g/mol. The Labute approximate surface area is 173 Å². The van der Waals surface area contributed by atoms with Crippen molar-refractivity contribution in [2.24, 2.45) is 0 Å². The van der Waals surface area contributed by atoms with Crippen molar-refractivity contribution in [3.8, 4) is 5.82 Å². The molecule has 0 saturated heterocycles. The van der Waals surface area contributed by atoms with Crippen LogP contribution in [0.5, 0.6) is 0 Å². The molecule has 0 atom stereocenters. The summed E-state index contributed by atoms with van der Waals surface area (Å²) in [5, 5.41) is 8.40. The van der Waals surface area contributed by atoms with Crippen LogP contribution in [0.1, 0.15) is 32.0 Å². The maximum Gasteiger partial charge on any atom is 0.338 e. The zero-order valence-electron chi connectivity index (χ0n) is 16.8. The lowest BCUT2D eigenvalue weighted by molar-refractivity contribution is 0.0597. The highest BCUT2D eigenvalue weighted by molar-refractivity contribution is 6.10. The van der Waals surface area contributed by atoms with E-state index in [2.05, 4.69) is 10.4 Å². The van der Waals surface area contributed by atoms with Gasteiger partial charge in [0, 0.05) is 11.5 Å². The maximum absolute atomic E-state index is 12.9. The van der Waals surface area contributed by atoms with E-state index in [0.717, 1.165) is 22.2 Å². The number of rotatable bonds is 4. The normalized spacial score (nSPS) is 10.8. The second-order valence-electron chi connectivity index (χ2n) is 6.89. The lowest BCUT2D eigenvalue weighted by Gasteiger charge is -2.12. The van der Waals surface area contributed by atoms with Gasteiger partial charge >= 0.3 is 5.97 Å². The number of carbonyl (C=O) groups is 2. The highest BCUT2D eigenvalue weighted by Crippen LogP contribution is 2.23. The third-order valence-corrected chi connectivity index (χ3v) is 4.78. The van der Waals surface area contributed by atoms with Crippen LogP contribution >= 0.6 is 0 Å². The molecular weight excluding hydrogens is 380 g/mol. The monoisotopic (exact) mass is 400 g/mol. The number of esters is 1. The number of amides is 1. The molecule has 0 fully saturated rings. The Morgan fingerprint density at radius 1 is 0.967 bits per heavy atom. The number of aromatic nitrogens is 3. The Morgan fingerprint density at radius 2 is 1.67 bits per heavy atom. The molecule has 150 valence electrons. The van der Waals surface area contributed by atoms with Crippen LogP contribution < -0.4 is 5.32 Å². The number of nitrogens with one attached hydrogen (secondary N) is 1. The third kappa shape index (κ3) is 3.53. The molecule has 0 bridgehead atoms. The van der Waals surface area contributed by atoms with Crippen LogP contribution in [0.15, 0.2) is 60.7 Å². The molecule has 2 aromatic heterocycles. The summed E-state index contributed by atoms with van der Waals surface area (Å²) in [6.07, 6.45) is 0. The molecule has 1 amide bonds. The second-order valence-corrected chi connectivity index (χ2v) is 6.89. The van der Waals surface area contributed by atoms with Gasteiger partial charge in [-0.1, -0.05) is 30.3 Å². The summed E-state index contributed by atoms with van der Waals surface area (Å²) in [5.41, 5.74) is 3.03. The second kappa shape index (κ2) is 7.79. The van der Waals surface area contributed by atoms with Gasteiger partial charge in [-0.3, -0.25) is 4.79 Å². The highest BCUT2D eigenvalue weighted by Gasteiger charge is 2.19. The van der Waals surface area contributed by atoms with Crippen LogP contribution in [0.4, 0.5) is 5.82 Å².